The fourth-order valence-corrected chi connectivity index (χ4v) is 3.48. The minimum absolute atomic E-state index is 0.125. The van der Waals surface area contributed by atoms with Crippen molar-refractivity contribution in [3.63, 3.8) is 0 Å². The second kappa shape index (κ2) is 8.31. The van der Waals surface area contributed by atoms with Gasteiger partial charge in [0, 0.05) is 12.1 Å². The average Bonchev–Trinajstić information content (AvgIpc) is 3.09. The molecule has 2 amide bonds. The monoisotopic (exact) mass is 388 g/mol. The Morgan fingerprint density at radius 3 is 2.62 bits per heavy atom. The van der Waals surface area contributed by atoms with Gasteiger partial charge in [0.2, 0.25) is 5.91 Å². The van der Waals surface area contributed by atoms with Crippen molar-refractivity contribution in [2.45, 2.75) is 32.2 Å². The molecule has 2 aromatic carbocycles. The van der Waals surface area contributed by atoms with E-state index in [4.69, 9.17) is 0 Å². The molecule has 0 radical (unpaired) electrons. The summed E-state index contributed by atoms with van der Waals surface area (Å²) in [6, 6.07) is 18.8. The molecule has 0 unspecified atom stereocenters. The Labute approximate surface area is 169 Å². The minimum atomic E-state index is -0.522. The van der Waals surface area contributed by atoms with Crippen LogP contribution in [0.25, 0.3) is 16.9 Å². The Morgan fingerprint density at radius 2 is 1.86 bits per heavy atom. The number of hydrogen-bond donors (Lipinski definition) is 2. The smallest absolute Gasteiger partial charge is 0.270 e. The highest BCUT2D eigenvalue weighted by Crippen LogP contribution is 2.22. The highest BCUT2D eigenvalue weighted by molar-refractivity contribution is 5.97. The van der Waals surface area contributed by atoms with Crippen molar-refractivity contribution in [1.82, 2.24) is 20.4 Å². The molecule has 3 aromatic rings. The van der Waals surface area contributed by atoms with Crippen LogP contribution < -0.4 is 10.6 Å². The van der Waals surface area contributed by atoms with Crippen LogP contribution in [-0.2, 0) is 4.79 Å². The van der Waals surface area contributed by atoms with Gasteiger partial charge >= 0.3 is 0 Å². The maximum atomic E-state index is 13.1. The number of nitrogens with one attached hydrogen (secondary N) is 2. The Balaban J connectivity index is 1.70. The van der Waals surface area contributed by atoms with Crippen molar-refractivity contribution >= 4 is 11.8 Å². The molecule has 148 valence electrons. The average molecular weight is 388 g/mol. The van der Waals surface area contributed by atoms with E-state index in [1.807, 2.05) is 61.5 Å². The van der Waals surface area contributed by atoms with E-state index in [2.05, 4.69) is 15.7 Å². The highest BCUT2D eigenvalue weighted by atomic mass is 16.2. The third-order valence-electron chi connectivity index (χ3n) is 5.13. The first-order valence-electron chi connectivity index (χ1n) is 9.93. The molecular weight excluding hydrogens is 364 g/mol. The van der Waals surface area contributed by atoms with Crippen LogP contribution in [0, 0.1) is 6.92 Å². The zero-order valence-corrected chi connectivity index (χ0v) is 16.4. The molecule has 0 spiro atoms. The predicted molar refractivity (Wildman–Crippen MR) is 112 cm³/mol. The number of aromatic nitrogens is 2. The fourth-order valence-electron chi connectivity index (χ4n) is 3.48. The lowest BCUT2D eigenvalue weighted by Crippen LogP contribution is -2.45. The van der Waals surface area contributed by atoms with E-state index in [1.54, 1.807) is 10.7 Å². The van der Waals surface area contributed by atoms with E-state index < -0.39 is 6.04 Å². The third-order valence-corrected chi connectivity index (χ3v) is 5.13. The standard InChI is InChI=1S/C23H24N4O2/c1-16-10-12-18(13-11-16)27-21(15-20(26-27)17-7-3-2-4-8-17)23(29)25-19-9-5-6-14-24-22(19)28/h2-4,7-8,10-13,15,19H,5-6,9,14H2,1H3,(H,24,28)(H,25,29)/t19-/m0/s1. The summed E-state index contributed by atoms with van der Waals surface area (Å²) in [7, 11) is 0. The Morgan fingerprint density at radius 1 is 1.10 bits per heavy atom. The Hall–Kier alpha value is -3.41. The lowest BCUT2D eigenvalue weighted by atomic mass is 10.1. The van der Waals surface area contributed by atoms with Gasteiger partial charge in [0.15, 0.2) is 0 Å². The third kappa shape index (κ3) is 4.21. The molecule has 1 aromatic heterocycles. The van der Waals surface area contributed by atoms with Crippen molar-refractivity contribution in [3.8, 4) is 16.9 Å². The van der Waals surface area contributed by atoms with Gasteiger partial charge in [0.1, 0.15) is 11.7 Å². The Kier molecular flexibility index (Phi) is 5.42. The quantitative estimate of drug-likeness (QED) is 0.720. The molecule has 2 heterocycles. The summed E-state index contributed by atoms with van der Waals surface area (Å²) in [5, 5.41) is 10.4. The second-order valence-electron chi connectivity index (χ2n) is 7.34. The van der Waals surface area contributed by atoms with Gasteiger partial charge in [-0.2, -0.15) is 5.10 Å². The zero-order valence-electron chi connectivity index (χ0n) is 16.4. The first-order chi connectivity index (χ1) is 14.1. The largest absolute Gasteiger partial charge is 0.354 e. The summed E-state index contributed by atoms with van der Waals surface area (Å²) in [5.74, 6) is -0.428. The van der Waals surface area contributed by atoms with Gasteiger partial charge < -0.3 is 10.6 Å². The van der Waals surface area contributed by atoms with E-state index in [9.17, 15) is 9.59 Å². The van der Waals surface area contributed by atoms with E-state index in [0.717, 1.165) is 29.7 Å². The zero-order chi connectivity index (χ0) is 20.2. The number of nitrogens with zero attached hydrogens (tertiary/aromatic N) is 2. The lowest BCUT2D eigenvalue weighted by molar-refractivity contribution is -0.122. The van der Waals surface area contributed by atoms with Gasteiger partial charge in [-0.3, -0.25) is 9.59 Å². The van der Waals surface area contributed by atoms with Crippen LogP contribution in [0.15, 0.2) is 60.7 Å². The van der Waals surface area contributed by atoms with E-state index in [1.165, 1.54) is 0 Å². The molecule has 1 saturated heterocycles. The number of hydrogen-bond acceptors (Lipinski definition) is 3. The summed E-state index contributed by atoms with van der Waals surface area (Å²) in [6.07, 6.45) is 2.47. The molecule has 4 rings (SSSR count). The summed E-state index contributed by atoms with van der Waals surface area (Å²) < 4.78 is 1.64. The molecule has 29 heavy (non-hydrogen) atoms. The summed E-state index contributed by atoms with van der Waals surface area (Å²) in [4.78, 5) is 25.4. The van der Waals surface area contributed by atoms with Gasteiger partial charge in [-0.05, 0) is 44.4 Å². The van der Waals surface area contributed by atoms with Crippen LogP contribution in [0.1, 0.15) is 35.3 Å². The van der Waals surface area contributed by atoms with Crippen molar-refractivity contribution in [1.29, 1.82) is 0 Å². The fraction of sp³-hybridized carbons (Fsp3) is 0.261. The number of rotatable bonds is 4. The van der Waals surface area contributed by atoms with Crippen molar-refractivity contribution in [2.24, 2.45) is 0 Å². The van der Waals surface area contributed by atoms with Gasteiger partial charge in [-0.1, -0.05) is 48.0 Å². The molecule has 1 aliphatic rings. The van der Waals surface area contributed by atoms with Crippen LogP contribution in [0.3, 0.4) is 0 Å². The van der Waals surface area contributed by atoms with Gasteiger partial charge in [0.05, 0.1) is 11.4 Å². The normalized spacial score (nSPS) is 16.7. The molecule has 1 atom stereocenters. The highest BCUT2D eigenvalue weighted by Gasteiger charge is 2.25. The molecule has 1 fully saturated rings. The Bertz CT molecular complexity index is 1010. The second-order valence-corrected chi connectivity index (χ2v) is 7.34. The molecule has 0 bridgehead atoms. The molecule has 0 saturated carbocycles. The first kappa shape index (κ1) is 18.9. The molecular formula is C23H24N4O2. The molecule has 6 nitrogen and oxygen atoms in total. The van der Waals surface area contributed by atoms with E-state index >= 15 is 0 Å². The predicted octanol–water partition coefficient (Wildman–Crippen LogP) is 3.25. The first-order valence-corrected chi connectivity index (χ1v) is 9.93. The number of aryl methyl sites for hydroxylation is 1. The van der Waals surface area contributed by atoms with Crippen molar-refractivity contribution in [2.75, 3.05) is 6.54 Å². The van der Waals surface area contributed by atoms with Crippen molar-refractivity contribution in [3.05, 3.63) is 71.9 Å². The maximum absolute atomic E-state index is 13.1. The summed E-state index contributed by atoms with van der Waals surface area (Å²) in [6.45, 7) is 2.67. The maximum Gasteiger partial charge on any atom is 0.270 e. The van der Waals surface area contributed by atoms with E-state index in [-0.39, 0.29) is 11.8 Å². The summed E-state index contributed by atoms with van der Waals surface area (Å²) >= 11 is 0. The molecule has 6 heteroatoms. The minimum Gasteiger partial charge on any atom is -0.354 e. The summed E-state index contributed by atoms with van der Waals surface area (Å²) in [5.41, 5.74) is 3.98. The number of carbonyl (C=O) groups is 2. The number of benzene rings is 2. The molecule has 0 aliphatic carbocycles. The van der Waals surface area contributed by atoms with E-state index in [0.29, 0.717) is 24.4 Å². The lowest BCUT2D eigenvalue weighted by Gasteiger charge is -2.15. The van der Waals surface area contributed by atoms with Gasteiger partial charge in [-0.25, -0.2) is 4.68 Å². The van der Waals surface area contributed by atoms with Crippen molar-refractivity contribution < 1.29 is 9.59 Å². The van der Waals surface area contributed by atoms with Crippen LogP contribution in [0.5, 0.6) is 0 Å². The van der Waals surface area contributed by atoms with Crippen LogP contribution in [-0.4, -0.2) is 34.2 Å². The van der Waals surface area contributed by atoms with Gasteiger partial charge in [-0.15, -0.1) is 0 Å². The molecule has 1 aliphatic heterocycles. The van der Waals surface area contributed by atoms with Crippen LogP contribution in [0.2, 0.25) is 0 Å². The van der Waals surface area contributed by atoms with Crippen LogP contribution >= 0.6 is 0 Å². The van der Waals surface area contributed by atoms with Gasteiger partial charge in [0.25, 0.3) is 5.91 Å². The SMILES string of the molecule is Cc1ccc(-n2nc(-c3ccccc3)cc2C(=O)N[C@H]2CCCCNC2=O)cc1. The number of amides is 2. The number of carbonyl (C=O) groups excluding carboxylic acids is 2. The van der Waals surface area contributed by atoms with Crippen LogP contribution in [0.4, 0.5) is 0 Å². The topological polar surface area (TPSA) is 76.0 Å². The molecule has 2 N–H and O–H groups in total.